The number of non-ortho nitro benzene ring substituents is 2. The lowest BCUT2D eigenvalue weighted by molar-refractivity contribution is -0.385. The van der Waals surface area contributed by atoms with Gasteiger partial charge in [-0.3, -0.25) is 20.2 Å². The number of nitrogens with zero attached hydrogens (tertiary/aromatic N) is 2. The maximum Gasteiger partial charge on any atom is 0.270 e. The Balaban J connectivity index is 1.77. The highest BCUT2D eigenvalue weighted by Gasteiger charge is 2.23. The first kappa shape index (κ1) is 24.6. The highest BCUT2D eigenvalue weighted by molar-refractivity contribution is 5.58. The van der Waals surface area contributed by atoms with Crippen molar-refractivity contribution in [3.63, 3.8) is 0 Å². The van der Waals surface area contributed by atoms with Gasteiger partial charge in [-0.15, -0.1) is 0 Å². The Morgan fingerprint density at radius 3 is 0.947 bits per heavy atom. The lowest BCUT2D eigenvalue weighted by Gasteiger charge is -2.17. The summed E-state index contributed by atoms with van der Waals surface area (Å²) >= 11 is 0. The van der Waals surface area contributed by atoms with Gasteiger partial charge in [0, 0.05) is 72.2 Å². The zero-order chi connectivity index (χ0) is 27.1. The second-order valence-electron chi connectivity index (χ2n) is 9.30. The van der Waals surface area contributed by atoms with E-state index < -0.39 is 9.85 Å². The molecule has 0 heterocycles. The number of aromatic hydroxyl groups is 4. The van der Waals surface area contributed by atoms with Crippen LogP contribution in [0.25, 0.3) is 0 Å². The van der Waals surface area contributed by atoms with Crippen molar-refractivity contribution < 1.29 is 30.3 Å². The third-order valence-corrected chi connectivity index (χ3v) is 6.86. The van der Waals surface area contributed by atoms with Gasteiger partial charge in [0.05, 0.1) is 9.85 Å². The number of phenols is 4. The van der Waals surface area contributed by atoms with E-state index in [1.54, 1.807) is 36.4 Å². The molecule has 0 radical (unpaired) electrons. The predicted molar refractivity (Wildman–Crippen MR) is 137 cm³/mol. The number of nitro groups is 2. The van der Waals surface area contributed by atoms with Crippen LogP contribution in [-0.2, 0) is 25.7 Å². The van der Waals surface area contributed by atoms with E-state index in [4.69, 9.17) is 0 Å². The molecule has 10 heteroatoms. The number of phenolic OH excluding ortho intramolecular Hbond substituents is 4. The van der Waals surface area contributed by atoms with Crippen molar-refractivity contribution >= 4 is 11.4 Å². The molecule has 0 saturated heterocycles. The van der Waals surface area contributed by atoms with Crippen LogP contribution in [0.2, 0.25) is 0 Å². The van der Waals surface area contributed by atoms with Gasteiger partial charge in [-0.25, -0.2) is 0 Å². The van der Waals surface area contributed by atoms with Crippen molar-refractivity contribution in [3.8, 4) is 23.0 Å². The van der Waals surface area contributed by atoms with E-state index >= 15 is 0 Å². The summed E-state index contributed by atoms with van der Waals surface area (Å²) in [6.45, 7) is 0. The molecule has 0 amide bonds. The molecule has 38 heavy (non-hydrogen) atoms. The molecule has 0 spiro atoms. The quantitative estimate of drug-likeness (QED) is 0.188. The van der Waals surface area contributed by atoms with E-state index in [9.17, 15) is 40.7 Å². The molecule has 8 bridgehead atoms. The minimum Gasteiger partial charge on any atom is -0.507 e. The lowest BCUT2D eigenvalue weighted by Crippen LogP contribution is -2.02. The fraction of sp³-hybridized carbons (Fsp3) is 0.143. The largest absolute Gasteiger partial charge is 0.507 e. The van der Waals surface area contributed by atoms with Gasteiger partial charge in [0.1, 0.15) is 23.0 Å². The molecule has 0 atom stereocenters. The van der Waals surface area contributed by atoms with E-state index in [-0.39, 0.29) is 82.3 Å². The fourth-order valence-electron chi connectivity index (χ4n) is 4.91. The average molecular weight is 514 g/mol. The fourth-order valence-corrected chi connectivity index (χ4v) is 4.91. The minimum atomic E-state index is -0.570. The molecule has 192 valence electrons. The minimum absolute atomic E-state index is 0.0433. The number of nitro benzene ring substituents is 2. The number of hydrogen-bond acceptors (Lipinski definition) is 8. The lowest BCUT2D eigenvalue weighted by atomic mass is 9.91. The van der Waals surface area contributed by atoms with Gasteiger partial charge in [0.2, 0.25) is 0 Å². The van der Waals surface area contributed by atoms with Crippen molar-refractivity contribution in [1.29, 1.82) is 0 Å². The first-order valence-corrected chi connectivity index (χ1v) is 11.7. The van der Waals surface area contributed by atoms with Crippen molar-refractivity contribution in [2.24, 2.45) is 0 Å². The standard InChI is InChI=1S/C28H22N2O8/c31-25-15-3-1-4-16(25)8-20-12-24(30(37)38)14-22(28(20)34)10-18-6-2-5-17(26(18)32)9-21-13-23(29(35)36)11-19(7-15)27(21)33/h1-6,11-14,31-34H,7-10H2. The molecule has 4 N–H and O–H groups in total. The van der Waals surface area contributed by atoms with Crippen LogP contribution in [0.1, 0.15) is 44.5 Å². The Kier molecular flexibility index (Phi) is 6.08. The van der Waals surface area contributed by atoms with Crippen LogP contribution in [0, 0.1) is 20.2 Å². The molecule has 1 aliphatic rings. The highest BCUT2D eigenvalue weighted by Crippen LogP contribution is 2.39. The molecular weight excluding hydrogens is 492 g/mol. The molecule has 0 unspecified atom stereocenters. The Labute approximate surface area is 216 Å². The zero-order valence-electron chi connectivity index (χ0n) is 19.9. The summed E-state index contributed by atoms with van der Waals surface area (Å²) in [5.41, 5.74) is 1.83. The topological polar surface area (TPSA) is 167 Å². The number of benzene rings is 4. The van der Waals surface area contributed by atoms with E-state index in [2.05, 4.69) is 0 Å². The van der Waals surface area contributed by atoms with Crippen LogP contribution in [-0.4, -0.2) is 30.3 Å². The second-order valence-corrected chi connectivity index (χ2v) is 9.30. The summed E-state index contributed by atoms with van der Waals surface area (Å²) in [4.78, 5) is 22.2. The van der Waals surface area contributed by atoms with E-state index in [1.807, 2.05) is 0 Å². The molecule has 1 aliphatic carbocycles. The monoisotopic (exact) mass is 514 g/mol. The Morgan fingerprint density at radius 1 is 0.474 bits per heavy atom. The average Bonchev–Trinajstić information content (AvgIpc) is 2.87. The Morgan fingerprint density at radius 2 is 0.711 bits per heavy atom. The molecule has 0 fully saturated rings. The van der Waals surface area contributed by atoms with Gasteiger partial charge in [0.25, 0.3) is 11.4 Å². The van der Waals surface area contributed by atoms with Gasteiger partial charge in [0.15, 0.2) is 0 Å². The van der Waals surface area contributed by atoms with Crippen molar-refractivity contribution in [2.45, 2.75) is 25.7 Å². The van der Waals surface area contributed by atoms with Crippen molar-refractivity contribution in [2.75, 3.05) is 0 Å². The van der Waals surface area contributed by atoms with Gasteiger partial charge >= 0.3 is 0 Å². The van der Waals surface area contributed by atoms with Gasteiger partial charge in [-0.2, -0.15) is 0 Å². The molecule has 0 aliphatic heterocycles. The summed E-state index contributed by atoms with van der Waals surface area (Å²) in [6, 6.07) is 14.7. The van der Waals surface area contributed by atoms with Gasteiger partial charge in [-0.05, 0) is 22.3 Å². The van der Waals surface area contributed by atoms with E-state index in [0.29, 0.717) is 22.3 Å². The molecule has 0 saturated carbocycles. The first-order chi connectivity index (χ1) is 18.1. The SMILES string of the molecule is O=[N+]([O-])c1cc2c(O)c(c1)Cc1cccc(c1O)Cc1cc([N+](=O)[O-])cc(c1O)Cc1cccc(c1O)C2. The smallest absolute Gasteiger partial charge is 0.270 e. The van der Waals surface area contributed by atoms with Crippen molar-refractivity contribution in [1.82, 2.24) is 0 Å². The number of para-hydroxylation sites is 2. The number of rotatable bonds is 2. The maximum absolute atomic E-state index is 11.7. The first-order valence-electron chi connectivity index (χ1n) is 11.7. The van der Waals surface area contributed by atoms with Crippen molar-refractivity contribution in [3.05, 3.63) is 125 Å². The molecule has 0 aromatic heterocycles. The Hall–Kier alpha value is -5.12. The van der Waals surface area contributed by atoms with Crippen LogP contribution in [0.4, 0.5) is 11.4 Å². The summed E-state index contributed by atoms with van der Waals surface area (Å²) in [7, 11) is 0. The second kappa shape index (κ2) is 9.40. The predicted octanol–water partition coefficient (Wildman–Crippen LogP) is 5.00. The summed E-state index contributed by atoms with van der Waals surface area (Å²) in [5.74, 6) is -0.670. The third-order valence-electron chi connectivity index (χ3n) is 6.86. The summed E-state index contributed by atoms with van der Waals surface area (Å²) in [5, 5.41) is 67.5. The van der Waals surface area contributed by atoms with Crippen LogP contribution in [0.3, 0.4) is 0 Å². The third kappa shape index (κ3) is 4.43. The number of hydrogen-bond donors (Lipinski definition) is 4. The summed E-state index contributed by atoms with van der Waals surface area (Å²) in [6.07, 6.45) is -0.173. The maximum atomic E-state index is 11.7. The molecule has 10 nitrogen and oxygen atoms in total. The van der Waals surface area contributed by atoms with Crippen LogP contribution in [0.15, 0.2) is 60.7 Å². The molecular formula is C28H22N2O8. The molecule has 4 aromatic rings. The zero-order valence-corrected chi connectivity index (χ0v) is 19.9. The normalized spacial score (nSPS) is 12.6. The van der Waals surface area contributed by atoms with E-state index in [0.717, 1.165) is 0 Å². The summed E-state index contributed by atoms with van der Waals surface area (Å²) < 4.78 is 0. The van der Waals surface area contributed by atoms with E-state index in [1.165, 1.54) is 24.3 Å². The number of fused-ring (bicyclic) bond motifs is 8. The van der Waals surface area contributed by atoms with Crippen LogP contribution < -0.4 is 0 Å². The van der Waals surface area contributed by atoms with Gasteiger partial charge < -0.3 is 20.4 Å². The van der Waals surface area contributed by atoms with Crippen LogP contribution >= 0.6 is 0 Å². The molecule has 4 aromatic carbocycles. The Bertz CT molecular complexity index is 1420. The van der Waals surface area contributed by atoms with Crippen LogP contribution in [0.5, 0.6) is 23.0 Å². The molecule has 5 rings (SSSR count). The highest BCUT2D eigenvalue weighted by atomic mass is 16.6. The van der Waals surface area contributed by atoms with Gasteiger partial charge in [-0.1, -0.05) is 36.4 Å².